The molecule has 1 fully saturated rings. The molecule has 2 aromatic rings. The van der Waals surface area contributed by atoms with E-state index in [1.807, 2.05) is 31.2 Å². The molecule has 0 spiro atoms. The fourth-order valence-corrected chi connectivity index (χ4v) is 2.14. The van der Waals surface area contributed by atoms with Crippen molar-refractivity contribution in [2.75, 3.05) is 12.3 Å². The maximum absolute atomic E-state index is 5.75. The Morgan fingerprint density at radius 2 is 2.32 bits per heavy atom. The minimum absolute atomic E-state index is 0.0384. The number of nitrogen functional groups attached to an aromatic ring is 1. The second-order valence-corrected chi connectivity index (χ2v) is 4.80. The summed E-state index contributed by atoms with van der Waals surface area (Å²) in [5.74, 6) is 1.67. The molecule has 1 atom stereocenters. The molecule has 0 bridgehead atoms. The van der Waals surface area contributed by atoms with Crippen molar-refractivity contribution < 1.29 is 9.26 Å². The smallest absolute Gasteiger partial charge is 0.258 e. The minimum Gasteiger partial charge on any atom is -0.399 e. The van der Waals surface area contributed by atoms with Crippen molar-refractivity contribution >= 4 is 5.69 Å². The zero-order valence-corrected chi connectivity index (χ0v) is 10.9. The fourth-order valence-electron chi connectivity index (χ4n) is 2.14. The number of aromatic nitrogens is 2. The lowest BCUT2D eigenvalue weighted by Gasteiger charge is -2.10. The molecular weight excluding hydrogens is 242 g/mol. The first-order valence-electron chi connectivity index (χ1n) is 6.59. The number of rotatable bonds is 5. The van der Waals surface area contributed by atoms with E-state index < -0.39 is 0 Å². The van der Waals surface area contributed by atoms with Gasteiger partial charge in [0, 0.05) is 17.9 Å². The van der Waals surface area contributed by atoms with E-state index in [1.165, 1.54) is 12.8 Å². The SMILES string of the molecule is CCOC(c1noc(-c2cccc(N)c2)n1)C1CC1. The van der Waals surface area contributed by atoms with Crippen molar-refractivity contribution in [3.05, 3.63) is 30.1 Å². The van der Waals surface area contributed by atoms with Crippen LogP contribution in [0.1, 0.15) is 31.7 Å². The number of anilines is 1. The van der Waals surface area contributed by atoms with Gasteiger partial charge in [0.15, 0.2) is 0 Å². The van der Waals surface area contributed by atoms with Crippen molar-refractivity contribution in [3.63, 3.8) is 0 Å². The van der Waals surface area contributed by atoms with Gasteiger partial charge < -0.3 is 15.0 Å². The lowest BCUT2D eigenvalue weighted by molar-refractivity contribution is 0.0385. The molecule has 1 aromatic carbocycles. The van der Waals surface area contributed by atoms with Crippen LogP contribution >= 0.6 is 0 Å². The van der Waals surface area contributed by atoms with E-state index in [4.69, 9.17) is 15.0 Å². The van der Waals surface area contributed by atoms with Gasteiger partial charge in [-0.15, -0.1) is 0 Å². The third kappa shape index (κ3) is 2.61. The van der Waals surface area contributed by atoms with Crippen LogP contribution in [0.15, 0.2) is 28.8 Å². The van der Waals surface area contributed by atoms with Crippen LogP contribution in [0.2, 0.25) is 0 Å². The average molecular weight is 259 g/mol. The Morgan fingerprint density at radius 1 is 1.47 bits per heavy atom. The van der Waals surface area contributed by atoms with Gasteiger partial charge in [-0.25, -0.2) is 0 Å². The summed E-state index contributed by atoms with van der Waals surface area (Å²) in [6.07, 6.45) is 2.31. The Balaban J connectivity index is 1.85. The van der Waals surface area contributed by atoms with Crippen molar-refractivity contribution in [3.8, 4) is 11.5 Å². The third-order valence-corrected chi connectivity index (χ3v) is 3.23. The molecule has 3 rings (SSSR count). The van der Waals surface area contributed by atoms with Gasteiger partial charge in [0.1, 0.15) is 6.10 Å². The zero-order chi connectivity index (χ0) is 13.2. The van der Waals surface area contributed by atoms with E-state index in [-0.39, 0.29) is 6.10 Å². The van der Waals surface area contributed by atoms with Gasteiger partial charge in [0.25, 0.3) is 5.89 Å². The molecule has 1 aliphatic rings. The molecule has 0 saturated heterocycles. The van der Waals surface area contributed by atoms with Gasteiger partial charge in [-0.2, -0.15) is 4.98 Å². The number of hydrogen-bond acceptors (Lipinski definition) is 5. The van der Waals surface area contributed by atoms with Gasteiger partial charge in [-0.1, -0.05) is 11.2 Å². The van der Waals surface area contributed by atoms with Gasteiger partial charge in [-0.3, -0.25) is 0 Å². The molecule has 0 aliphatic heterocycles. The standard InChI is InChI=1S/C14H17N3O2/c1-2-18-12(9-6-7-9)13-16-14(19-17-13)10-4-3-5-11(15)8-10/h3-5,8-9,12H,2,6-7,15H2,1H3. The molecule has 1 aromatic heterocycles. The van der Waals surface area contributed by atoms with Crippen LogP contribution in [-0.4, -0.2) is 16.7 Å². The molecule has 1 unspecified atom stereocenters. The molecular formula is C14H17N3O2. The van der Waals surface area contributed by atoms with Gasteiger partial charge >= 0.3 is 0 Å². The fraction of sp³-hybridized carbons (Fsp3) is 0.429. The first kappa shape index (κ1) is 12.2. The topological polar surface area (TPSA) is 74.2 Å². The molecule has 1 heterocycles. The number of nitrogens with zero attached hydrogens (tertiary/aromatic N) is 2. The summed E-state index contributed by atoms with van der Waals surface area (Å²) in [6, 6.07) is 7.42. The molecule has 0 amide bonds. The molecule has 0 radical (unpaired) electrons. The largest absolute Gasteiger partial charge is 0.399 e. The Labute approximate surface area is 111 Å². The summed E-state index contributed by atoms with van der Waals surface area (Å²) in [7, 11) is 0. The summed E-state index contributed by atoms with van der Waals surface area (Å²) < 4.78 is 11.0. The summed E-state index contributed by atoms with van der Waals surface area (Å²) in [5, 5.41) is 4.05. The van der Waals surface area contributed by atoms with Crippen LogP contribution < -0.4 is 5.73 Å². The minimum atomic E-state index is -0.0384. The van der Waals surface area contributed by atoms with Crippen molar-refractivity contribution in [2.24, 2.45) is 5.92 Å². The van der Waals surface area contributed by atoms with Crippen LogP contribution in [0, 0.1) is 5.92 Å². The van der Waals surface area contributed by atoms with E-state index in [9.17, 15) is 0 Å². The lowest BCUT2D eigenvalue weighted by atomic mass is 10.2. The molecule has 5 heteroatoms. The van der Waals surface area contributed by atoms with E-state index in [0.29, 0.717) is 29.9 Å². The van der Waals surface area contributed by atoms with E-state index in [0.717, 1.165) is 5.56 Å². The van der Waals surface area contributed by atoms with Crippen LogP contribution in [-0.2, 0) is 4.74 Å². The molecule has 19 heavy (non-hydrogen) atoms. The van der Waals surface area contributed by atoms with Gasteiger partial charge in [-0.05, 0) is 43.9 Å². The van der Waals surface area contributed by atoms with Crippen LogP contribution in [0.25, 0.3) is 11.5 Å². The monoisotopic (exact) mass is 259 g/mol. The average Bonchev–Trinajstić information content (AvgIpc) is 3.13. The first-order chi connectivity index (χ1) is 9.28. The van der Waals surface area contributed by atoms with Crippen LogP contribution in [0.5, 0.6) is 0 Å². The van der Waals surface area contributed by atoms with Crippen LogP contribution in [0.4, 0.5) is 5.69 Å². The predicted molar refractivity (Wildman–Crippen MR) is 71.2 cm³/mol. The molecule has 5 nitrogen and oxygen atoms in total. The summed E-state index contributed by atoms with van der Waals surface area (Å²) in [4.78, 5) is 4.44. The second-order valence-electron chi connectivity index (χ2n) is 4.80. The van der Waals surface area contributed by atoms with E-state index >= 15 is 0 Å². The number of nitrogens with two attached hydrogens (primary N) is 1. The third-order valence-electron chi connectivity index (χ3n) is 3.23. The highest BCUT2D eigenvalue weighted by Gasteiger charge is 2.36. The van der Waals surface area contributed by atoms with E-state index in [2.05, 4.69) is 10.1 Å². The molecule has 2 N–H and O–H groups in total. The molecule has 1 aliphatic carbocycles. The summed E-state index contributed by atoms with van der Waals surface area (Å²) >= 11 is 0. The second kappa shape index (κ2) is 5.01. The van der Waals surface area contributed by atoms with E-state index in [1.54, 1.807) is 0 Å². The molecule has 100 valence electrons. The maximum Gasteiger partial charge on any atom is 0.258 e. The number of hydrogen-bond donors (Lipinski definition) is 1. The zero-order valence-electron chi connectivity index (χ0n) is 10.9. The number of ether oxygens (including phenoxy) is 1. The van der Waals surface area contributed by atoms with Crippen molar-refractivity contribution in [2.45, 2.75) is 25.9 Å². The van der Waals surface area contributed by atoms with Crippen molar-refractivity contribution in [1.82, 2.24) is 10.1 Å². The Bertz CT molecular complexity index is 563. The highest BCUT2D eigenvalue weighted by atomic mass is 16.5. The number of benzene rings is 1. The first-order valence-corrected chi connectivity index (χ1v) is 6.59. The van der Waals surface area contributed by atoms with Gasteiger partial charge in [0.2, 0.25) is 5.82 Å². The maximum atomic E-state index is 5.75. The van der Waals surface area contributed by atoms with Gasteiger partial charge in [0.05, 0.1) is 0 Å². The quantitative estimate of drug-likeness (QED) is 0.836. The predicted octanol–water partition coefficient (Wildman–Crippen LogP) is 2.81. The Hall–Kier alpha value is -1.88. The van der Waals surface area contributed by atoms with Crippen molar-refractivity contribution in [1.29, 1.82) is 0 Å². The summed E-state index contributed by atoms with van der Waals surface area (Å²) in [5.41, 5.74) is 7.27. The Morgan fingerprint density at radius 3 is 3.00 bits per heavy atom. The normalized spacial score (nSPS) is 16.5. The van der Waals surface area contributed by atoms with Crippen LogP contribution in [0.3, 0.4) is 0 Å². The highest BCUT2D eigenvalue weighted by molar-refractivity contribution is 5.59. The Kier molecular flexibility index (Phi) is 3.21. The lowest BCUT2D eigenvalue weighted by Crippen LogP contribution is -2.08. The summed E-state index contributed by atoms with van der Waals surface area (Å²) in [6.45, 7) is 2.64. The molecule has 1 saturated carbocycles. The highest BCUT2D eigenvalue weighted by Crippen LogP contribution is 2.42.